The van der Waals surface area contributed by atoms with Crippen molar-refractivity contribution >= 4 is 29.9 Å². The summed E-state index contributed by atoms with van der Waals surface area (Å²) in [5.41, 5.74) is 0.442. The summed E-state index contributed by atoms with van der Waals surface area (Å²) in [4.78, 5) is 9.57. The maximum atomic E-state index is 5.81. The van der Waals surface area contributed by atoms with Gasteiger partial charge >= 0.3 is 0 Å². The fraction of sp³-hybridized carbons (Fsp3) is 0.938. The maximum Gasteiger partial charge on any atom is 0.194 e. The molecule has 5 nitrogen and oxygen atoms in total. The van der Waals surface area contributed by atoms with E-state index in [0.29, 0.717) is 5.41 Å². The van der Waals surface area contributed by atoms with Gasteiger partial charge < -0.3 is 19.9 Å². The van der Waals surface area contributed by atoms with Crippen molar-refractivity contribution in [2.75, 3.05) is 52.9 Å². The second-order valence-electron chi connectivity index (χ2n) is 6.79. The summed E-state index contributed by atoms with van der Waals surface area (Å²) in [6.45, 7) is 13.5. The van der Waals surface area contributed by atoms with E-state index < -0.39 is 0 Å². The Morgan fingerprint density at radius 2 is 2.14 bits per heavy atom. The van der Waals surface area contributed by atoms with Gasteiger partial charge in [-0.15, -0.1) is 24.0 Å². The molecule has 0 spiro atoms. The molecule has 22 heavy (non-hydrogen) atoms. The van der Waals surface area contributed by atoms with Gasteiger partial charge in [0.1, 0.15) is 0 Å². The normalized spacial score (nSPS) is 30.3. The lowest BCUT2D eigenvalue weighted by molar-refractivity contribution is -0.0137. The Hall–Kier alpha value is -0.0800. The van der Waals surface area contributed by atoms with Crippen LogP contribution in [-0.2, 0) is 4.74 Å². The van der Waals surface area contributed by atoms with Gasteiger partial charge in [-0.2, -0.15) is 0 Å². The summed E-state index contributed by atoms with van der Waals surface area (Å²) >= 11 is 0. The monoisotopic (exact) mass is 424 g/mol. The first kappa shape index (κ1) is 20.0. The van der Waals surface area contributed by atoms with Crippen LogP contribution < -0.4 is 5.32 Å². The zero-order valence-electron chi connectivity index (χ0n) is 14.6. The number of rotatable bonds is 4. The van der Waals surface area contributed by atoms with Crippen LogP contribution >= 0.6 is 24.0 Å². The Kier molecular flexibility index (Phi) is 8.42. The molecule has 0 saturated carbocycles. The van der Waals surface area contributed by atoms with Crippen molar-refractivity contribution in [3.8, 4) is 0 Å². The van der Waals surface area contributed by atoms with Gasteiger partial charge in [0, 0.05) is 32.7 Å². The minimum absolute atomic E-state index is 0. The molecule has 2 unspecified atom stereocenters. The van der Waals surface area contributed by atoms with Crippen LogP contribution in [0.5, 0.6) is 0 Å². The number of nitrogens with zero attached hydrogens (tertiary/aromatic N) is 3. The SMILES string of the molecule is CCNC(=NCC1CN(C)CCO1)N1CCC(C)(CC)C1.I. The minimum atomic E-state index is 0. The van der Waals surface area contributed by atoms with Gasteiger partial charge in [-0.25, -0.2) is 0 Å². The third-order valence-electron chi connectivity index (χ3n) is 4.83. The van der Waals surface area contributed by atoms with Gasteiger partial charge in [0.25, 0.3) is 0 Å². The van der Waals surface area contributed by atoms with Crippen LogP contribution in [0.4, 0.5) is 0 Å². The van der Waals surface area contributed by atoms with Crippen LogP contribution in [-0.4, -0.2) is 74.8 Å². The molecule has 2 fully saturated rings. The molecule has 2 heterocycles. The first-order chi connectivity index (χ1) is 10.1. The predicted octanol–water partition coefficient (Wildman–Crippen LogP) is 2.02. The predicted molar refractivity (Wildman–Crippen MR) is 103 cm³/mol. The van der Waals surface area contributed by atoms with Crippen LogP contribution in [0.2, 0.25) is 0 Å². The van der Waals surface area contributed by atoms with E-state index in [4.69, 9.17) is 9.73 Å². The second-order valence-corrected chi connectivity index (χ2v) is 6.79. The molecule has 2 aliphatic rings. The molecule has 2 aliphatic heterocycles. The highest BCUT2D eigenvalue weighted by Crippen LogP contribution is 2.32. The lowest BCUT2D eigenvalue weighted by Crippen LogP contribution is -2.44. The third kappa shape index (κ3) is 5.53. The number of halogens is 1. The van der Waals surface area contributed by atoms with Gasteiger partial charge in [-0.1, -0.05) is 13.8 Å². The van der Waals surface area contributed by atoms with Crippen molar-refractivity contribution in [3.63, 3.8) is 0 Å². The molecule has 0 aromatic carbocycles. The average Bonchev–Trinajstić information content (AvgIpc) is 2.87. The van der Waals surface area contributed by atoms with Crippen molar-refractivity contribution in [1.29, 1.82) is 0 Å². The number of morpholine rings is 1. The maximum absolute atomic E-state index is 5.81. The number of likely N-dealkylation sites (N-methyl/N-ethyl adjacent to an activating group) is 1. The fourth-order valence-electron chi connectivity index (χ4n) is 3.08. The summed E-state index contributed by atoms with van der Waals surface area (Å²) in [5, 5.41) is 3.44. The number of hydrogen-bond donors (Lipinski definition) is 1. The van der Waals surface area contributed by atoms with Crippen LogP contribution in [0.15, 0.2) is 4.99 Å². The molecule has 1 N–H and O–H groups in total. The Morgan fingerprint density at radius 1 is 1.36 bits per heavy atom. The number of guanidine groups is 1. The first-order valence-corrected chi connectivity index (χ1v) is 8.39. The van der Waals surface area contributed by atoms with E-state index >= 15 is 0 Å². The van der Waals surface area contributed by atoms with Crippen molar-refractivity contribution in [1.82, 2.24) is 15.1 Å². The minimum Gasteiger partial charge on any atom is -0.374 e. The average molecular weight is 424 g/mol. The zero-order chi connectivity index (χ0) is 15.3. The van der Waals surface area contributed by atoms with E-state index in [2.05, 4.69) is 42.9 Å². The van der Waals surface area contributed by atoms with Gasteiger partial charge in [-0.3, -0.25) is 4.99 Å². The first-order valence-electron chi connectivity index (χ1n) is 8.39. The van der Waals surface area contributed by atoms with E-state index in [1.807, 2.05) is 0 Å². The Labute approximate surface area is 152 Å². The molecule has 2 atom stereocenters. The molecule has 0 radical (unpaired) electrons. The number of ether oxygens (including phenoxy) is 1. The highest BCUT2D eigenvalue weighted by Gasteiger charge is 2.33. The second kappa shape index (κ2) is 9.27. The molecule has 6 heteroatoms. The zero-order valence-corrected chi connectivity index (χ0v) is 16.9. The summed E-state index contributed by atoms with van der Waals surface area (Å²) in [7, 11) is 2.15. The van der Waals surface area contributed by atoms with Crippen LogP contribution in [0.3, 0.4) is 0 Å². The molecular formula is C16H33IN4O. The van der Waals surface area contributed by atoms with Crippen molar-refractivity contribution < 1.29 is 4.74 Å². The quantitative estimate of drug-likeness (QED) is 0.426. The summed E-state index contributed by atoms with van der Waals surface area (Å²) in [5.74, 6) is 1.06. The molecule has 2 rings (SSSR count). The van der Waals surface area contributed by atoms with Crippen LogP contribution in [0.1, 0.15) is 33.6 Å². The van der Waals surface area contributed by atoms with E-state index in [-0.39, 0.29) is 30.1 Å². The summed E-state index contributed by atoms with van der Waals surface area (Å²) in [6, 6.07) is 0. The van der Waals surface area contributed by atoms with Crippen molar-refractivity contribution in [2.24, 2.45) is 10.4 Å². The summed E-state index contributed by atoms with van der Waals surface area (Å²) in [6.07, 6.45) is 2.73. The Bertz CT molecular complexity index is 366. The van der Waals surface area contributed by atoms with Crippen LogP contribution in [0.25, 0.3) is 0 Å². The number of nitrogens with one attached hydrogen (secondary N) is 1. The topological polar surface area (TPSA) is 40.1 Å². The number of likely N-dealkylation sites (tertiary alicyclic amines) is 1. The molecule has 0 bridgehead atoms. The molecule has 0 aromatic heterocycles. The fourth-order valence-corrected chi connectivity index (χ4v) is 3.08. The van der Waals surface area contributed by atoms with Crippen molar-refractivity contribution in [2.45, 2.75) is 39.7 Å². The molecule has 0 aliphatic carbocycles. The third-order valence-corrected chi connectivity index (χ3v) is 4.83. The number of aliphatic imine (C=N–C) groups is 1. The lowest BCUT2D eigenvalue weighted by atomic mass is 9.87. The van der Waals surface area contributed by atoms with Gasteiger partial charge in [0.15, 0.2) is 5.96 Å². The van der Waals surface area contributed by atoms with E-state index in [1.54, 1.807) is 0 Å². The van der Waals surface area contributed by atoms with E-state index in [1.165, 1.54) is 12.8 Å². The molecule has 0 aromatic rings. The Morgan fingerprint density at radius 3 is 2.73 bits per heavy atom. The van der Waals surface area contributed by atoms with E-state index in [0.717, 1.165) is 51.8 Å². The van der Waals surface area contributed by atoms with Crippen LogP contribution in [0, 0.1) is 5.41 Å². The highest BCUT2D eigenvalue weighted by molar-refractivity contribution is 14.0. The molecule has 0 amide bonds. The number of hydrogen-bond acceptors (Lipinski definition) is 3. The smallest absolute Gasteiger partial charge is 0.194 e. The van der Waals surface area contributed by atoms with Gasteiger partial charge in [-0.05, 0) is 32.2 Å². The van der Waals surface area contributed by atoms with Crippen molar-refractivity contribution in [3.05, 3.63) is 0 Å². The van der Waals surface area contributed by atoms with Gasteiger partial charge in [0.2, 0.25) is 0 Å². The highest BCUT2D eigenvalue weighted by atomic mass is 127. The lowest BCUT2D eigenvalue weighted by Gasteiger charge is -2.30. The largest absolute Gasteiger partial charge is 0.374 e. The van der Waals surface area contributed by atoms with E-state index in [9.17, 15) is 0 Å². The molecule has 130 valence electrons. The molecular weight excluding hydrogens is 391 g/mol. The standard InChI is InChI=1S/C16H32N4O.HI/c1-5-16(3)7-8-20(13-16)15(17-6-2)18-11-14-12-19(4)9-10-21-14;/h14H,5-13H2,1-4H3,(H,17,18);1H. The summed E-state index contributed by atoms with van der Waals surface area (Å²) < 4.78 is 5.81. The molecule has 2 saturated heterocycles. The Balaban J connectivity index is 0.00000242. The van der Waals surface area contributed by atoms with Gasteiger partial charge in [0.05, 0.1) is 19.3 Å².